The van der Waals surface area contributed by atoms with Crippen molar-refractivity contribution in [2.24, 2.45) is 11.8 Å². The van der Waals surface area contributed by atoms with Gasteiger partial charge in [-0.05, 0) is 73.5 Å². The van der Waals surface area contributed by atoms with Crippen molar-refractivity contribution < 1.29 is 28.8 Å². The monoisotopic (exact) mass is 561 g/mol. The number of carbonyl (C=O) groups excluding carboxylic acids is 4. The van der Waals surface area contributed by atoms with E-state index >= 15 is 0 Å². The lowest BCUT2D eigenvalue weighted by molar-refractivity contribution is -0.384. The molecular formula is C29H24ClN3O7. The second-order valence-electron chi connectivity index (χ2n) is 9.66. The van der Waals surface area contributed by atoms with Gasteiger partial charge in [-0.2, -0.15) is 5.01 Å². The molecule has 0 spiro atoms. The second kappa shape index (κ2) is 11.3. The van der Waals surface area contributed by atoms with Crippen molar-refractivity contribution in [3.05, 3.63) is 99.1 Å². The Kier molecular flexibility index (Phi) is 7.61. The summed E-state index contributed by atoms with van der Waals surface area (Å²) in [4.78, 5) is 63.8. The first-order valence-electron chi connectivity index (χ1n) is 12.7. The highest BCUT2D eigenvalue weighted by atomic mass is 35.5. The number of hydrogen-bond acceptors (Lipinski definition) is 7. The number of halogens is 1. The van der Waals surface area contributed by atoms with Gasteiger partial charge in [-0.15, -0.1) is 0 Å². The summed E-state index contributed by atoms with van der Waals surface area (Å²) in [6.07, 6.45) is 2.79. The van der Waals surface area contributed by atoms with E-state index in [0.29, 0.717) is 29.4 Å². The topological polar surface area (TPSA) is 127 Å². The Labute approximate surface area is 234 Å². The molecule has 5 rings (SSSR count). The van der Waals surface area contributed by atoms with Crippen molar-refractivity contribution in [1.29, 1.82) is 0 Å². The van der Waals surface area contributed by atoms with Gasteiger partial charge in [-0.3, -0.25) is 29.3 Å². The standard InChI is InChI=1S/C29H24ClN3O7/c30-20-9-5-19(6-10-20)27(35)31(32-28(36)24-3-1-2-4-25(24)29(32)37)17-26(34)18-7-13-22(14-8-18)40-23-15-11-21(12-16-23)33(38)39/h5-16,24-25H,1-4,17H2/t24-,25+. The first-order valence-corrected chi connectivity index (χ1v) is 13.1. The molecule has 1 saturated carbocycles. The van der Waals surface area contributed by atoms with Crippen LogP contribution in [0.15, 0.2) is 72.8 Å². The zero-order valence-corrected chi connectivity index (χ0v) is 22.0. The number of benzene rings is 3. The molecule has 40 heavy (non-hydrogen) atoms. The third-order valence-corrected chi connectivity index (χ3v) is 7.39. The zero-order valence-electron chi connectivity index (χ0n) is 21.2. The van der Waals surface area contributed by atoms with Gasteiger partial charge in [0, 0.05) is 28.3 Å². The van der Waals surface area contributed by atoms with Crippen LogP contribution in [0.5, 0.6) is 11.5 Å². The molecule has 2 atom stereocenters. The Morgan fingerprint density at radius 1 is 0.850 bits per heavy atom. The molecule has 1 aliphatic carbocycles. The summed E-state index contributed by atoms with van der Waals surface area (Å²) in [5, 5.41) is 13.0. The average Bonchev–Trinajstić information content (AvgIpc) is 3.22. The lowest BCUT2D eigenvalue weighted by Gasteiger charge is -2.30. The number of carbonyl (C=O) groups is 4. The van der Waals surface area contributed by atoms with Gasteiger partial charge in [0.25, 0.3) is 23.4 Å². The lowest BCUT2D eigenvalue weighted by atomic mass is 9.81. The fourth-order valence-corrected chi connectivity index (χ4v) is 5.19. The summed E-state index contributed by atoms with van der Waals surface area (Å²) in [5.74, 6) is -2.30. The molecule has 0 N–H and O–H groups in total. The van der Waals surface area contributed by atoms with E-state index in [2.05, 4.69) is 0 Å². The van der Waals surface area contributed by atoms with E-state index in [0.717, 1.165) is 22.9 Å². The lowest BCUT2D eigenvalue weighted by Crippen LogP contribution is -2.52. The molecule has 0 aromatic heterocycles. The number of amides is 3. The van der Waals surface area contributed by atoms with E-state index in [-0.39, 0.29) is 16.8 Å². The number of fused-ring (bicyclic) bond motifs is 1. The number of ketones is 1. The van der Waals surface area contributed by atoms with Gasteiger partial charge >= 0.3 is 0 Å². The van der Waals surface area contributed by atoms with Crippen molar-refractivity contribution in [3.8, 4) is 11.5 Å². The quantitative estimate of drug-likeness (QED) is 0.155. The third kappa shape index (κ3) is 5.43. The van der Waals surface area contributed by atoms with Crippen molar-refractivity contribution in [2.45, 2.75) is 25.7 Å². The number of nitrogens with zero attached hydrogens (tertiary/aromatic N) is 3. The number of hydrogen-bond donors (Lipinski definition) is 0. The molecule has 2 aliphatic rings. The maximum Gasteiger partial charge on any atom is 0.273 e. The molecular weight excluding hydrogens is 538 g/mol. The van der Waals surface area contributed by atoms with E-state index < -0.39 is 46.8 Å². The molecule has 0 bridgehead atoms. The molecule has 3 amide bonds. The molecule has 0 unspecified atom stereocenters. The van der Waals surface area contributed by atoms with Crippen LogP contribution >= 0.6 is 11.6 Å². The van der Waals surface area contributed by atoms with Gasteiger partial charge in [-0.25, -0.2) is 5.01 Å². The minimum Gasteiger partial charge on any atom is -0.457 e. The van der Waals surface area contributed by atoms with E-state index in [9.17, 15) is 29.3 Å². The fourth-order valence-electron chi connectivity index (χ4n) is 5.07. The Morgan fingerprint density at radius 3 is 1.88 bits per heavy atom. The molecule has 1 saturated heterocycles. The zero-order chi connectivity index (χ0) is 28.4. The van der Waals surface area contributed by atoms with E-state index in [4.69, 9.17) is 16.3 Å². The summed E-state index contributed by atoms with van der Waals surface area (Å²) in [5.41, 5.74) is 0.348. The second-order valence-corrected chi connectivity index (χ2v) is 10.1. The first kappa shape index (κ1) is 27.0. The summed E-state index contributed by atoms with van der Waals surface area (Å²) in [7, 11) is 0. The molecule has 1 aliphatic heterocycles. The SMILES string of the molecule is O=C(CN(C(=O)c1ccc(Cl)cc1)N1C(=O)[C@H]2CCCC[C@H]2C1=O)c1ccc(Oc2ccc([N+](=O)[O-])cc2)cc1. The molecule has 0 radical (unpaired) electrons. The van der Waals surface area contributed by atoms with Gasteiger partial charge in [0.05, 0.1) is 16.8 Å². The van der Waals surface area contributed by atoms with Crippen LogP contribution in [0.1, 0.15) is 46.4 Å². The third-order valence-electron chi connectivity index (χ3n) is 7.14. The normalized spacial score (nSPS) is 18.3. The molecule has 1 heterocycles. The van der Waals surface area contributed by atoms with Gasteiger partial charge in [0.1, 0.15) is 18.0 Å². The molecule has 3 aromatic rings. The van der Waals surface area contributed by atoms with E-state index in [1.165, 1.54) is 60.7 Å². The molecule has 11 heteroatoms. The van der Waals surface area contributed by atoms with Gasteiger partial charge in [-0.1, -0.05) is 24.4 Å². The predicted molar refractivity (Wildman–Crippen MR) is 144 cm³/mol. The minimum atomic E-state index is -0.663. The number of ether oxygens (including phenoxy) is 1. The van der Waals surface area contributed by atoms with Crippen LogP contribution in [0, 0.1) is 22.0 Å². The minimum absolute atomic E-state index is 0.0692. The van der Waals surface area contributed by atoms with E-state index in [1.807, 2.05) is 0 Å². The maximum absolute atomic E-state index is 13.6. The Balaban J connectivity index is 1.36. The van der Waals surface area contributed by atoms with Crippen molar-refractivity contribution >= 4 is 40.8 Å². The highest BCUT2D eigenvalue weighted by Crippen LogP contribution is 2.39. The molecule has 3 aromatic carbocycles. The van der Waals surface area contributed by atoms with Crippen molar-refractivity contribution in [1.82, 2.24) is 10.0 Å². The summed E-state index contributed by atoms with van der Waals surface area (Å²) in [6.45, 7) is -0.527. The Morgan fingerprint density at radius 2 is 1.35 bits per heavy atom. The van der Waals surface area contributed by atoms with Crippen LogP contribution in [-0.2, 0) is 9.59 Å². The number of non-ortho nitro benzene ring substituents is 1. The van der Waals surface area contributed by atoms with Crippen LogP contribution in [-0.4, -0.2) is 45.0 Å². The highest BCUT2D eigenvalue weighted by Gasteiger charge is 2.51. The summed E-state index contributed by atoms with van der Waals surface area (Å²) in [6, 6.07) is 17.6. The van der Waals surface area contributed by atoms with Gasteiger partial charge in [0.2, 0.25) is 0 Å². The number of Topliss-reactive ketones (excluding diaryl/α,β-unsaturated/α-hetero) is 1. The number of rotatable bonds is 8. The molecule has 10 nitrogen and oxygen atoms in total. The molecule has 2 fully saturated rings. The average molecular weight is 562 g/mol. The number of imide groups is 1. The molecule has 204 valence electrons. The predicted octanol–water partition coefficient (Wildman–Crippen LogP) is 5.46. The number of nitro groups is 1. The Bertz CT molecular complexity index is 1450. The van der Waals surface area contributed by atoms with Crippen molar-refractivity contribution in [3.63, 3.8) is 0 Å². The number of hydrazine groups is 1. The fraction of sp³-hybridized carbons (Fsp3) is 0.241. The van der Waals surface area contributed by atoms with Crippen LogP contribution in [0.4, 0.5) is 5.69 Å². The first-order chi connectivity index (χ1) is 19.2. The van der Waals surface area contributed by atoms with Crippen LogP contribution in [0.25, 0.3) is 0 Å². The smallest absolute Gasteiger partial charge is 0.273 e. The van der Waals surface area contributed by atoms with Crippen molar-refractivity contribution in [2.75, 3.05) is 6.54 Å². The van der Waals surface area contributed by atoms with Crippen LogP contribution in [0.3, 0.4) is 0 Å². The van der Waals surface area contributed by atoms with Gasteiger partial charge in [0.15, 0.2) is 5.78 Å². The van der Waals surface area contributed by atoms with Crippen LogP contribution in [0.2, 0.25) is 5.02 Å². The Hall–Kier alpha value is -4.57. The largest absolute Gasteiger partial charge is 0.457 e. The highest BCUT2D eigenvalue weighted by molar-refractivity contribution is 6.30. The maximum atomic E-state index is 13.6. The van der Waals surface area contributed by atoms with Gasteiger partial charge < -0.3 is 4.74 Å². The number of nitro benzene ring substituents is 1. The summed E-state index contributed by atoms with van der Waals surface area (Å²) >= 11 is 5.96. The summed E-state index contributed by atoms with van der Waals surface area (Å²) < 4.78 is 5.69. The van der Waals surface area contributed by atoms with E-state index in [1.54, 1.807) is 12.1 Å². The van der Waals surface area contributed by atoms with Crippen LogP contribution < -0.4 is 4.74 Å².